The average Bonchev–Trinajstić information content (AvgIpc) is 2.44. The fourth-order valence-corrected chi connectivity index (χ4v) is 0.926. The lowest BCUT2D eigenvalue weighted by molar-refractivity contribution is 0.524. The highest BCUT2D eigenvalue weighted by molar-refractivity contribution is 5.53. The van der Waals surface area contributed by atoms with Crippen LogP contribution < -0.4 is 0 Å². The molecule has 2 heterocycles. The van der Waals surface area contributed by atoms with E-state index in [-0.39, 0.29) is 0 Å². The zero-order chi connectivity index (χ0) is 6.97. The Bertz CT molecular complexity index is 360. The Morgan fingerprint density at radius 1 is 1.60 bits per heavy atom. The van der Waals surface area contributed by atoms with Crippen molar-refractivity contribution in [3.63, 3.8) is 0 Å². The van der Waals surface area contributed by atoms with Crippen molar-refractivity contribution in [1.82, 2.24) is 14.4 Å². The minimum atomic E-state index is 0.660. The molecular formula is C6H5N3O. The molecule has 0 aliphatic rings. The molecule has 2 rings (SSSR count). The maximum atomic E-state index is 10.3. The Hall–Kier alpha value is -1.58. The van der Waals surface area contributed by atoms with Crippen LogP contribution in [0.15, 0.2) is 24.5 Å². The van der Waals surface area contributed by atoms with Gasteiger partial charge in [0.2, 0.25) is 0 Å². The maximum Gasteiger partial charge on any atom is 0.250 e. The Kier molecular flexibility index (Phi) is 0.887. The molecule has 0 bridgehead atoms. The third-order valence-electron chi connectivity index (χ3n) is 1.38. The number of hydrogen-bond acceptors (Lipinski definition) is 2. The van der Waals surface area contributed by atoms with Crippen molar-refractivity contribution in [2.24, 2.45) is 0 Å². The molecule has 0 radical (unpaired) electrons. The van der Waals surface area contributed by atoms with Crippen LogP contribution in [0.1, 0.15) is 0 Å². The Labute approximate surface area is 56.7 Å². The van der Waals surface area contributed by atoms with E-state index in [0.29, 0.717) is 6.41 Å². The predicted molar refractivity (Wildman–Crippen MR) is 35.3 cm³/mol. The van der Waals surface area contributed by atoms with Gasteiger partial charge in [-0.3, -0.25) is 4.79 Å². The Balaban J connectivity index is 2.88. The number of nitrogens with zero attached hydrogens (tertiary/aromatic N) is 3. The van der Waals surface area contributed by atoms with Crippen LogP contribution in [0.25, 0.3) is 5.52 Å². The number of hydrogen-bond donors (Lipinski definition) is 0. The monoisotopic (exact) mass is 135 g/mol. The van der Waals surface area contributed by atoms with E-state index in [1.165, 1.54) is 4.80 Å². The maximum absolute atomic E-state index is 10.3. The molecule has 0 amide bonds. The second kappa shape index (κ2) is 1.70. The molecule has 10 heavy (non-hydrogen) atoms. The molecule has 4 heteroatoms. The Morgan fingerprint density at radius 3 is 3.30 bits per heavy atom. The summed E-state index contributed by atoms with van der Waals surface area (Å²) in [6.45, 7) is 0. The highest BCUT2D eigenvalue weighted by atomic mass is 16.1. The lowest BCUT2D eigenvalue weighted by atomic mass is 10.6. The van der Waals surface area contributed by atoms with Gasteiger partial charge in [-0.15, -0.1) is 4.80 Å². The molecule has 2 aromatic rings. The second-order valence-electron chi connectivity index (χ2n) is 1.95. The molecule has 0 aromatic carbocycles. The van der Waals surface area contributed by atoms with Gasteiger partial charge in [-0.05, 0) is 12.1 Å². The van der Waals surface area contributed by atoms with Gasteiger partial charge in [0, 0.05) is 6.20 Å². The van der Waals surface area contributed by atoms with Crippen LogP contribution in [0.2, 0.25) is 0 Å². The van der Waals surface area contributed by atoms with E-state index < -0.39 is 0 Å². The van der Waals surface area contributed by atoms with Crippen molar-refractivity contribution >= 4 is 11.9 Å². The van der Waals surface area contributed by atoms with Crippen LogP contribution in [-0.2, 0) is 4.79 Å². The molecule has 0 saturated heterocycles. The summed E-state index contributed by atoms with van der Waals surface area (Å²) in [5, 5.41) is 3.79. The quantitative estimate of drug-likeness (QED) is 0.523. The van der Waals surface area contributed by atoms with Crippen molar-refractivity contribution in [3.8, 4) is 0 Å². The SMILES string of the molecule is O=Cn1ncc2cccn21. The van der Waals surface area contributed by atoms with Crippen LogP contribution in [0.3, 0.4) is 0 Å². The van der Waals surface area contributed by atoms with Gasteiger partial charge >= 0.3 is 0 Å². The third kappa shape index (κ3) is 0.500. The molecule has 0 fully saturated rings. The predicted octanol–water partition coefficient (Wildman–Crippen LogP) is 0.174. The molecule has 0 saturated carbocycles. The summed E-state index contributed by atoms with van der Waals surface area (Å²) in [6, 6.07) is 3.74. The summed E-state index contributed by atoms with van der Waals surface area (Å²) >= 11 is 0. The van der Waals surface area contributed by atoms with Crippen LogP contribution >= 0.6 is 0 Å². The molecule has 50 valence electrons. The smallest absolute Gasteiger partial charge is 0.250 e. The highest BCUT2D eigenvalue weighted by Crippen LogP contribution is 1.99. The largest absolute Gasteiger partial charge is 0.275 e. The second-order valence-corrected chi connectivity index (χ2v) is 1.95. The van der Waals surface area contributed by atoms with Gasteiger partial charge < -0.3 is 0 Å². The lowest BCUT2D eigenvalue weighted by Crippen LogP contribution is -2.03. The zero-order valence-corrected chi connectivity index (χ0v) is 5.14. The average molecular weight is 135 g/mol. The van der Waals surface area contributed by atoms with Crippen molar-refractivity contribution in [2.75, 3.05) is 0 Å². The van der Waals surface area contributed by atoms with E-state index in [9.17, 15) is 4.79 Å². The van der Waals surface area contributed by atoms with Gasteiger partial charge in [-0.2, -0.15) is 5.10 Å². The minimum absolute atomic E-state index is 0.660. The van der Waals surface area contributed by atoms with E-state index in [1.807, 2.05) is 12.1 Å². The molecule has 0 unspecified atom stereocenters. The topological polar surface area (TPSA) is 39.3 Å². The molecule has 0 N–H and O–H groups in total. The molecule has 2 aromatic heterocycles. The molecule has 0 aliphatic heterocycles. The first kappa shape index (κ1) is 5.22. The van der Waals surface area contributed by atoms with Gasteiger partial charge in [0.15, 0.2) is 0 Å². The number of aromatic nitrogens is 3. The number of rotatable bonds is 1. The Morgan fingerprint density at radius 2 is 2.50 bits per heavy atom. The highest BCUT2D eigenvalue weighted by Gasteiger charge is 1.95. The van der Waals surface area contributed by atoms with Crippen LogP contribution in [0.5, 0.6) is 0 Å². The minimum Gasteiger partial charge on any atom is -0.275 e. The summed E-state index contributed by atoms with van der Waals surface area (Å²) in [5.74, 6) is 0. The first-order chi connectivity index (χ1) is 4.92. The molecule has 4 nitrogen and oxygen atoms in total. The van der Waals surface area contributed by atoms with Crippen molar-refractivity contribution < 1.29 is 4.79 Å². The molecular weight excluding hydrogens is 130 g/mol. The third-order valence-corrected chi connectivity index (χ3v) is 1.38. The summed E-state index contributed by atoms with van der Waals surface area (Å²) in [6.07, 6.45) is 4.07. The van der Waals surface area contributed by atoms with Crippen LogP contribution in [-0.4, -0.2) is 20.8 Å². The van der Waals surface area contributed by atoms with Gasteiger partial charge in [0.05, 0.1) is 11.7 Å². The van der Waals surface area contributed by atoms with Gasteiger partial charge in [-0.1, -0.05) is 0 Å². The lowest BCUT2D eigenvalue weighted by Gasteiger charge is -1.87. The van der Waals surface area contributed by atoms with Crippen molar-refractivity contribution in [3.05, 3.63) is 24.5 Å². The normalized spacial score (nSPS) is 10.4. The van der Waals surface area contributed by atoms with Gasteiger partial charge in [0.1, 0.15) is 0 Å². The van der Waals surface area contributed by atoms with E-state index in [1.54, 1.807) is 16.9 Å². The van der Waals surface area contributed by atoms with Crippen LogP contribution in [0.4, 0.5) is 0 Å². The molecule has 0 aliphatic carbocycles. The first-order valence-corrected chi connectivity index (χ1v) is 2.88. The summed E-state index contributed by atoms with van der Waals surface area (Å²) in [7, 11) is 0. The summed E-state index contributed by atoms with van der Waals surface area (Å²) in [5.41, 5.74) is 0.923. The van der Waals surface area contributed by atoms with E-state index in [2.05, 4.69) is 5.10 Å². The van der Waals surface area contributed by atoms with Crippen LogP contribution in [0, 0.1) is 0 Å². The van der Waals surface area contributed by atoms with Gasteiger partial charge in [-0.25, -0.2) is 4.52 Å². The number of carbonyl (C=O) groups excluding carboxylic acids is 1. The van der Waals surface area contributed by atoms with Crippen molar-refractivity contribution in [1.29, 1.82) is 0 Å². The van der Waals surface area contributed by atoms with Gasteiger partial charge in [0.25, 0.3) is 6.41 Å². The zero-order valence-electron chi connectivity index (χ0n) is 5.14. The fourth-order valence-electron chi connectivity index (χ4n) is 0.926. The number of fused-ring (bicyclic) bond motifs is 1. The molecule has 0 spiro atoms. The van der Waals surface area contributed by atoms with E-state index in [4.69, 9.17) is 0 Å². The number of carbonyl (C=O) groups is 1. The summed E-state index contributed by atoms with van der Waals surface area (Å²) < 4.78 is 1.66. The van der Waals surface area contributed by atoms with E-state index in [0.717, 1.165) is 5.52 Å². The molecule has 0 atom stereocenters. The summed E-state index contributed by atoms with van der Waals surface area (Å²) in [4.78, 5) is 11.5. The van der Waals surface area contributed by atoms with Crippen molar-refractivity contribution in [2.45, 2.75) is 0 Å². The first-order valence-electron chi connectivity index (χ1n) is 2.88. The van der Waals surface area contributed by atoms with E-state index >= 15 is 0 Å². The fraction of sp³-hybridized carbons (Fsp3) is 0. The standard InChI is InChI=1S/C6H5N3O/c10-5-9-7-4-6-2-1-3-8(6)9/h1-5H.